The molecule has 1 aliphatic heterocycles. The number of nitrogens with zero attached hydrogens (tertiary/aromatic N) is 1. The maximum absolute atomic E-state index is 3.70. The van der Waals surface area contributed by atoms with Crippen molar-refractivity contribution in [2.45, 2.75) is 50.7 Å². The number of benzene rings is 1. The third-order valence-corrected chi connectivity index (χ3v) is 4.20. The monoisotopic (exact) mass is 244 g/mol. The number of piperidine rings is 1. The largest absolute Gasteiger partial charge is 0.312 e. The minimum atomic E-state index is 0.750. The molecule has 1 saturated heterocycles. The molecule has 2 nitrogen and oxygen atoms in total. The van der Waals surface area contributed by atoms with E-state index in [0.717, 1.165) is 18.6 Å². The van der Waals surface area contributed by atoms with E-state index in [0.29, 0.717) is 0 Å². The van der Waals surface area contributed by atoms with Gasteiger partial charge in [0.25, 0.3) is 0 Å². The Balaban J connectivity index is 1.56. The highest BCUT2D eigenvalue weighted by molar-refractivity contribution is 5.14. The topological polar surface area (TPSA) is 15.3 Å². The zero-order valence-corrected chi connectivity index (χ0v) is 11.1. The first-order chi connectivity index (χ1) is 8.92. The van der Waals surface area contributed by atoms with Gasteiger partial charge >= 0.3 is 0 Å². The molecule has 2 fully saturated rings. The second-order valence-corrected chi connectivity index (χ2v) is 5.79. The van der Waals surface area contributed by atoms with Crippen LogP contribution in [0.3, 0.4) is 0 Å². The molecule has 1 N–H and O–H groups in total. The van der Waals surface area contributed by atoms with Crippen molar-refractivity contribution in [3.05, 3.63) is 35.9 Å². The molecular weight excluding hydrogens is 220 g/mol. The first kappa shape index (κ1) is 12.2. The summed E-state index contributed by atoms with van der Waals surface area (Å²) < 4.78 is 0. The Hall–Kier alpha value is -0.860. The molecule has 1 heterocycles. The van der Waals surface area contributed by atoms with E-state index in [-0.39, 0.29) is 0 Å². The summed E-state index contributed by atoms with van der Waals surface area (Å²) in [5.41, 5.74) is 1.45. The zero-order valence-electron chi connectivity index (χ0n) is 11.1. The SMILES string of the molecule is c1ccc(CN2CCCC[C@H]2CNC2CC2)cc1. The number of likely N-dealkylation sites (tertiary alicyclic amines) is 1. The molecule has 98 valence electrons. The van der Waals surface area contributed by atoms with Gasteiger partial charge in [-0.1, -0.05) is 36.8 Å². The summed E-state index contributed by atoms with van der Waals surface area (Å²) in [6.45, 7) is 3.58. The number of rotatable bonds is 5. The first-order valence-corrected chi connectivity index (χ1v) is 7.43. The fourth-order valence-electron chi connectivity index (χ4n) is 2.91. The number of hydrogen-bond acceptors (Lipinski definition) is 2. The third kappa shape index (κ3) is 3.33. The van der Waals surface area contributed by atoms with Gasteiger partial charge < -0.3 is 5.32 Å². The van der Waals surface area contributed by atoms with Gasteiger partial charge in [-0.3, -0.25) is 4.90 Å². The molecule has 1 saturated carbocycles. The van der Waals surface area contributed by atoms with Crippen LogP contribution in [0.1, 0.15) is 37.7 Å². The van der Waals surface area contributed by atoms with Gasteiger partial charge in [0.2, 0.25) is 0 Å². The summed E-state index contributed by atoms with van der Waals surface area (Å²) in [7, 11) is 0. The average Bonchev–Trinajstić information content (AvgIpc) is 3.23. The van der Waals surface area contributed by atoms with Crippen molar-refractivity contribution < 1.29 is 0 Å². The van der Waals surface area contributed by atoms with E-state index in [4.69, 9.17) is 0 Å². The molecule has 0 amide bonds. The fraction of sp³-hybridized carbons (Fsp3) is 0.625. The van der Waals surface area contributed by atoms with Gasteiger partial charge in [0.15, 0.2) is 0 Å². The van der Waals surface area contributed by atoms with Gasteiger partial charge in [-0.15, -0.1) is 0 Å². The Bertz CT molecular complexity index is 359. The predicted molar refractivity (Wildman–Crippen MR) is 75.5 cm³/mol. The number of hydrogen-bond donors (Lipinski definition) is 1. The average molecular weight is 244 g/mol. The molecule has 1 atom stereocenters. The summed E-state index contributed by atoms with van der Waals surface area (Å²) in [6, 6.07) is 12.5. The first-order valence-electron chi connectivity index (χ1n) is 7.43. The highest BCUT2D eigenvalue weighted by atomic mass is 15.2. The lowest BCUT2D eigenvalue weighted by molar-refractivity contribution is 0.137. The molecule has 0 bridgehead atoms. The maximum atomic E-state index is 3.70. The van der Waals surface area contributed by atoms with E-state index in [1.807, 2.05) is 0 Å². The Morgan fingerprint density at radius 3 is 2.67 bits per heavy atom. The van der Waals surface area contributed by atoms with Crippen molar-refractivity contribution in [1.82, 2.24) is 10.2 Å². The van der Waals surface area contributed by atoms with E-state index >= 15 is 0 Å². The van der Waals surface area contributed by atoms with Crippen molar-refractivity contribution in [2.24, 2.45) is 0 Å². The summed E-state index contributed by atoms with van der Waals surface area (Å²) in [6.07, 6.45) is 6.93. The molecule has 0 spiro atoms. The second-order valence-electron chi connectivity index (χ2n) is 5.79. The minimum absolute atomic E-state index is 0.750. The quantitative estimate of drug-likeness (QED) is 0.857. The normalized spacial score (nSPS) is 25.2. The highest BCUT2D eigenvalue weighted by Crippen LogP contribution is 2.22. The van der Waals surface area contributed by atoms with Gasteiger partial charge in [0.1, 0.15) is 0 Å². The molecule has 0 aromatic heterocycles. The smallest absolute Gasteiger partial charge is 0.0237 e. The van der Waals surface area contributed by atoms with Crippen molar-refractivity contribution >= 4 is 0 Å². The molecule has 0 radical (unpaired) electrons. The van der Waals surface area contributed by atoms with Crippen molar-refractivity contribution in [1.29, 1.82) is 0 Å². The molecule has 1 aromatic carbocycles. The van der Waals surface area contributed by atoms with Gasteiger partial charge in [0, 0.05) is 25.2 Å². The standard InChI is InChI=1S/C16H24N2/c1-2-6-14(7-3-1)13-18-11-5-4-8-16(18)12-17-15-9-10-15/h1-3,6-7,15-17H,4-5,8-13H2/t16-/m0/s1. The summed E-state index contributed by atoms with van der Waals surface area (Å²) in [4.78, 5) is 2.67. The predicted octanol–water partition coefficient (Wildman–Crippen LogP) is 2.79. The summed E-state index contributed by atoms with van der Waals surface area (Å²) in [5, 5.41) is 3.70. The molecule has 2 aliphatic rings. The summed E-state index contributed by atoms with van der Waals surface area (Å²) >= 11 is 0. The van der Waals surface area contributed by atoms with Crippen LogP contribution in [0.5, 0.6) is 0 Å². The van der Waals surface area contributed by atoms with Crippen LogP contribution < -0.4 is 5.32 Å². The molecule has 18 heavy (non-hydrogen) atoms. The molecule has 3 rings (SSSR count). The van der Waals surface area contributed by atoms with Crippen LogP contribution in [-0.4, -0.2) is 30.1 Å². The lowest BCUT2D eigenvalue weighted by Crippen LogP contribution is -2.45. The number of nitrogens with one attached hydrogen (secondary N) is 1. The third-order valence-electron chi connectivity index (χ3n) is 4.20. The van der Waals surface area contributed by atoms with Gasteiger partial charge in [-0.05, 0) is 37.8 Å². The molecule has 1 aliphatic carbocycles. The van der Waals surface area contributed by atoms with E-state index in [9.17, 15) is 0 Å². The van der Waals surface area contributed by atoms with Crippen molar-refractivity contribution in [3.63, 3.8) is 0 Å². The van der Waals surface area contributed by atoms with Crippen LogP contribution >= 0.6 is 0 Å². The molecular formula is C16H24N2. The Labute approximate surface area is 110 Å². The molecule has 2 heteroatoms. The molecule has 1 aromatic rings. The fourth-order valence-corrected chi connectivity index (χ4v) is 2.91. The van der Waals surface area contributed by atoms with E-state index in [2.05, 4.69) is 40.5 Å². The zero-order chi connectivity index (χ0) is 12.2. The Kier molecular flexibility index (Phi) is 3.96. The lowest BCUT2D eigenvalue weighted by atomic mass is 10.0. The van der Waals surface area contributed by atoms with Crippen LogP contribution in [0, 0.1) is 0 Å². The molecule has 0 unspecified atom stereocenters. The maximum Gasteiger partial charge on any atom is 0.0237 e. The van der Waals surface area contributed by atoms with Gasteiger partial charge in [-0.25, -0.2) is 0 Å². The minimum Gasteiger partial charge on any atom is -0.312 e. The van der Waals surface area contributed by atoms with Crippen LogP contribution in [0.2, 0.25) is 0 Å². The van der Waals surface area contributed by atoms with E-state index in [1.54, 1.807) is 0 Å². The van der Waals surface area contributed by atoms with E-state index < -0.39 is 0 Å². The van der Waals surface area contributed by atoms with Crippen LogP contribution in [0.4, 0.5) is 0 Å². The second kappa shape index (κ2) is 5.85. The van der Waals surface area contributed by atoms with Crippen molar-refractivity contribution in [3.8, 4) is 0 Å². The van der Waals surface area contributed by atoms with Gasteiger partial charge in [-0.2, -0.15) is 0 Å². The van der Waals surface area contributed by atoms with Crippen LogP contribution in [0.15, 0.2) is 30.3 Å². The lowest BCUT2D eigenvalue weighted by Gasteiger charge is -2.36. The van der Waals surface area contributed by atoms with Crippen LogP contribution in [-0.2, 0) is 6.54 Å². The van der Waals surface area contributed by atoms with Crippen LogP contribution in [0.25, 0.3) is 0 Å². The van der Waals surface area contributed by atoms with E-state index in [1.165, 1.54) is 50.8 Å². The van der Waals surface area contributed by atoms with Crippen molar-refractivity contribution in [2.75, 3.05) is 13.1 Å². The van der Waals surface area contributed by atoms with Gasteiger partial charge in [0.05, 0.1) is 0 Å². The highest BCUT2D eigenvalue weighted by Gasteiger charge is 2.26. The summed E-state index contributed by atoms with van der Waals surface area (Å²) in [5.74, 6) is 0. The Morgan fingerprint density at radius 2 is 1.89 bits per heavy atom. The Morgan fingerprint density at radius 1 is 1.06 bits per heavy atom.